The van der Waals surface area contributed by atoms with Crippen molar-refractivity contribution in [2.24, 2.45) is 0 Å². The van der Waals surface area contributed by atoms with E-state index in [0.717, 1.165) is 10.4 Å². The lowest BCUT2D eigenvalue weighted by atomic mass is 10.0. The van der Waals surface area contributed by atoms with E-state index in [4.69, 9.17) is 14.6 Å². The molecule has 9 nitrogen and oxygen atoms in total. The second-order valence-electron chi connectivity index (χ2n) is 8.20. The van der Waals surface area contributed by atoms with Gasteiger partial charge in [0.25, 0.3) is 5.91 Å². The number of nitrogens with one attached hydrogen (secondary N) is 3. The summed E-state index contributed by atoms with van der Waals surface area (Å²) in [6.07, 6.45) is -0.370. The van der Waals surface area contributed by atoms with Gasteiger partial charge in [0.1, 0.15) is 23.0 Å². The molecule has 1 fully saturated rings. The molecule has 0 spiro atoms. The summed E-state index contributed by atoms with van der Waals surface area (Å²) in [6, 6.07) is 20.2. The number of rotatable bonds is 7. The fourth-order valence-electron chi connectivity index (χ4n) is 4.08. The lowest BCUT2D eigenvalue weighted by molar-refractivity contribution is -0.125. The SMILES string of the molecule is COc1cc(OC)cc(C(=O)Nc2cc(-c3cccs3)nn2C2NC(=O)CC(c3ccccc3)N2)c1. The predicted octanol–water partition coefficient (Wildman–Crippen LogP) is 4.19. The van der Waals surface area contributed by atoms with Crippen LogP contribution in [0.15, 0.2) is 72.1 Å². The maximum Gasteiger partial charge on any atom is 0.257 e. The van der Waals surface area contributed by atoms with Gasteiger partial charge in [-0.3, -0.25) is 14.9 Å². The summed E-state index contributed by atoms with van der Waals surface area (Å²) in [6.45, 7) is 0. The summed E-state index contributed by atoms with van der Waals surface area (Å²) in [7, 11) is 3.05. The van der Waals surface area contributed by atoms with E-state index in [1.54, 1.807) is 28.9 Å². The Bertz CT molecular complexity index is 1350. The average molecular weight is 504 g/mol. The molecule has 1 aliphatic heterocycles. The van der Waals surface area contributed by atoms with Gasteiger partial charge >= 0.3 is 0 Å². The molecule has 2 unspecified atom stereocenters. The number of amides is 2. The Morgan fingerprint density at radius 3 is 2.47 bits per heavy atom. The van der Waals surface area contributed by atoms with E-state index >= 15 is 0 Å². The third-order valence-corrected chi connectivity index (χ3v) is 6.75. The van der Waals surface area contributed by atoms with E-state index in [1.165, 1.54) is 25.6 Å². The number of nitrogens with zero attached hydrogens (tertiary/aromatic N) is 2. The molecule has 2 aromatic carbocycles. The van der Waals surface area contributed by atoms with Crippen LogP contribution in [0.25, 0.3) is 10.6 Å². The molecule has 36 heavy (non-hydrogen) atoms. The van der Waals surface area contributed by atoms with Crippen molar-refractivity contribution in [3.63, 3.8) is 0 Å². The highest BCUT2D eigenvalue weighted by Gasteiger charge is 2.30. The zero-order chi connectivity index (χ0) is 25.1. The fourth-order valence-corrected chi connectivity index (χ4v) is 4.76. The molecular weight excluding hydrogens is 478 g/mol. The van der Waals surface area contributed by atoms with Crippen LogP contribution in [0, 0.1) is 0 Å². The van der Waals surface area contributed by atoms with Crippen LogP contribution in [0.5, 0.6) is 11.5 Å². The first-order valence-corrected chi connectivity index (χ1v) is 12.2. The van der Waals surface area contributed by atoms with Crippen LogP contribution in [-0.2, 0) is 4.79 Å². The Labute approximate surface area is 212 Å². The highest BCUT2D eigenvalue weighted by atomic mass is 32.1. The molecule has 0 aliphatic carbocycles. The number of hydrogen-bond donors (Lipinski definition) is 3. The summed E-state index contributed by atoms with van der Waals surface area (Å²) < 4.78 is 12.2. The lowest BCUT2D eigenvalue weighted by Crippen LogP contribution is -2.50. The first-order valence-electron chi connectivity index (χ1n) is 11.3. The average Bonchev–Trinajstić information content (AvgIpc) is 3.59. The molecule has 0 bridgehead atoms. The molecule has 3 N–H and O–H groups in total. The number of aromatic nitrogens is 2. The van der Waals surface area contributed by atoms with Crippen molar-refractivity contribution >= 4 is 29.0 Å². The molecule has 3 heterocycles. The highest BCUT2D eigenvalue weighted by molar-refractivity contribution is 7.13. The highest BCUT2D eigenvalue weighted by Crippen LogP contribution is 2.30. The molecule has 1 aliphatic rings. The summed E-state index contributed by atoms with van der Waals surface area (Å²) in [5.74, 6) is 0.943. The molecule has 0 saturated carbocycles. The Kier molecular flexibility index (Phi) is 6.70. The predicted molar refractivity (Wildman–Crippen MR) is 137 cm³/mol. The number of thiophene rings is 1. The van der Waals surface area contributed by atoms with E-state index in [-0.39, 0.29) is 17.9 Å². The monoisotopic (exact) mass is 503 g/mol. The number of ether oxygens (including phenoxy) is 2. The van der Waals surface area contributed by atoms with Gasteiger partial charge in [0.05, 0.1) is 19.1 Å². The lowest BCUT2D eigenvalue weighted by Gasteiger charge is -2.32. The Hall–Kier alpha value is -4.15. The smallest absolute Gasteiger partial charge is 0.257 e. The number of carbonyl (C=O) groups excluding carboxylic acids is 2. The molecule has 1 saturated heterocycles. The largest absolute Gasteiger partial charge is 0.497 e. The molecule has 10 heteroatoms. The Morgan fingerprint density at radius 1 is 1.06 bits per heavy atom. The zero-order valence-electron chi connectivity index (χ0n) is 19.7. The molecule has 184 valence electrons. The molecule has 2 amide bonds. The van der Waals surface area contributed by atoms with Gasteiger partial charge in [0.15, 0.2) is 6.29 Å². The normalized spacial score (nSPS) is 17.3. The van der Waals surface area contributed by atoms with Gasteiger partial charge in [-0.15, -0.1) is 11.3 Å². The van der Waals surface area contributed by atoms with Crippen molar-refractivity contribution in [2.45, 2.75) is 18.8 Å². The Morgan fingerprint density at radius 2 is 1.81 bits per heavy atom. The van der Waals surface area contributed by atoms with Crippen LogP contribution < -0.4 is 25.4 Å². The van der Waals surface area contributed by atoms with Crippen LogP contribution in [0.3, 0.4) is 0 Å². The van der Waals surface area contributed by atoms with Crippen LogP contribution in [-0.4, -0.2) is 35.8 Å². The quantitative estimate of drug-likeness (QED) is 0.349. The van der Waals surface area contributed by atoms with Gasteiger partial charge in [-0.1, -0.05) is 36.4 Å². The summed E-state index contributed by atoms with van der Waals surface area (Å²) >= 11 is 1.54. The van der Waals surface area contributed by atoms with Crippen LogP contribution in [0.4, 0.5) is 5.82 Å². The first-order chi connectivity index (χ1) is 17.5. The maximum absolute atomic E-state index is 13.3. The van der Waals surface area contributed by atoms with E-state index in [1.807, 2.05) is 47.8 Å². The topological polar surface area (TPSA) is 107 Å². The van der Waals surface area contributed by atoms with Crippen LogP contribution in [0.1, 0.15) is 34.7 Å². The molecule has 0 radical (unpaired) electrons. The number of benzene rings is 2. The van der Waals surface area contributed by atoms with Crippen molar-refractivity contribution in [1.82, 2.24) is 20.4 Å². The third kappa shape index (κ3) is 4.95. The minimum Gasteiger partial charge on any atom is -0.497 e. The van der Waals surface area contributed by atoms with E-state index in [0.29, 0.717) is 35.0 Å². The van der Waals surface area contributed by atoms with Crippen LogP contribution >= 0.6 is 11.3 Å². The second kappa shape index (κ2) is 10.2. The maximum atomic E-state index is 13.3. The van der Waals surface area contributed by atoms with Gasteiger partial charge in [0.2, 0.25) is 5.91 Å². The number of methoxy groups -OCH3 is 2. The minimum absolute atomic E-state index is 0.115. The number of carbonyl (C=O) groups is 2. The van der Waals surface area contributed by atoms with E-state index in [9.17, 15) is 9.59 Å². The minimum atomic E-state index is -0.666. The van der Waals surface area contributed by atoms with Crippen molar-refractivity contribution in [2.75, 3.05) is 19.5 Å². The molecule has 4 aromatic rings. The number of hydrogen-bond acceptors (Lipinski definition) is 7. The zero-order valence-corrected chi connectivity index (χ0v) is 20.5. The summed E-state index contributed by atoms with van der Waals surface area (Å²) in [5.41, 5.74) is 2.04. The molecule has 2 atom stereocenters. The third-order valence-electron chi connectivity index (χ3n) is 5.86. The van der Waals surface area contributed by atoms with E-state index < -0.39 is 6.29 Å². The van der Waals surface area contributed by atoms with Crippen molar-refractivity contribution < 1.29 is 19.1 Å². The van der Waals surface area contributed by atoms with Gasteiger partial charge in [-0.25, -0.2) is 4.68 Å². The van der Waals surface area contributed by atoms with Gasteiger partial charge < -0.3 is 20.1 Å². The van der Waals surface area contributed by atoms with E-state index in [2.05, 4.69) is 16.0 Å². The Balaban J connectivity index is 1.49. The number of anilines is 1. The molecule has 2 aromatic heterocycles. The van der Waals surface area contributed by atoms with Crippen molar-refractivity contribution in [3.8, 4) is 22.1 Å². The summed E-state index contributed by atoms with van der Waals surface area (Å²) in [4.78, 5) is 26.9. The van der Waals surface area contributed by atoms with Gasteiger partial charge in [-0.05, 0) is 29.1 Å². The second-order valence-corrected chi connectivity index (χ2v) is 9.14. The molecule has 5 rings (SSSR count). The molecular formula is C26H25N5O4S. The van der Waals surface area contributed by atoms with Crippen molar-refractivity contribution in [3.05, 3.63) is 83.2 Å². The standard InChI is InChI=1S/C26H25N5O4S/c1-34-18-11-17(12-19(13-18)35-2)25(33)28-23-14-21(22-9-6-10-36-22)30-31(23)26-27-20(15-24(32)29-26)16-7-4-3-5-8-16/h3-14,20,26-27H,15H2,1-2H3,(H,28,33)(H,29,32). The van der Waals surface area contributed by atoms with Gasteiger partial charge in [0, 0.05) is 30.2 Å². The summed E-state index contributed by atoms with van der Waals surface area (Å²) in [5, 5.41) is 16.0. The fraction of sp³-hybridized carbons (Fsp3) is 0.192. The van der Waals surface area contributed by atoms with Gasteiger partial charge in [-0.2, -0.15) is 5.10 Å². The first kappa shape index (κ1) is 23.6. The van der Waals surface area contributed by atoms with Crippen molar-refractivity contribution in [1.29, 1.82) is 0 Å². The van der Waals surface area contributed by atoms with Crippen LogP contribution in [0.2, 0.25) is 0 Å².